The SMILES string of the molecule is CCSCCNC(CO)(CO)CO. The van der Waals surface area contributed by atoms with E-state index in [-0.39, 0.29) is 19.8 Å². The average Bonchev–Trinajstić information content (AvgIpc) is 2.20. The van der Waals surface area contributed by atoms with Gasteiger partial charge in [0.2, 0.25) is 0 Å². The molecule has 0 amide bonds. The molecule has 0 atom stereocenters. The van der Waals surface area contributed by atoms with Gasteiger partial charge >= 0.3 is 0 Å². The van der Waals surface area contributed by atoms with Gasteiger partial charge in [-0.1, -0.05) is 6.92 Å². The summed E-state index contributed by atoms with van der Waals surface area (Å²) in [5.74, 6) is 1.96. The topological polar surface area (TPSA) is 72.7 Å². The van der Waals surface area contributed by atoms with Gasteiger partial charge in [-0.2, -0.15) is 11.8 Å². The molecule has 0 heterocycles. The number of aliphatic hydroxyl groups is 3. The molecule has 0 aliphatic heterocycles. The maximum Gasteiger partial charge on any atom is 0.0881 e. The molecule has 0 aromatic carbocycles. The van der Waals surface area contributed by atoms with Gasteiger partial charge in [-0.05, 0) is 5.75 Å². The molecular formula is C8H19NO3S. The minimum atomic E-state index is -0.922. The van der Waals surface area contributed by atoms with Gasteiger partial charge in [-0.15, -0.1) is 0 Å². The van der Waals surface area contributed by atoms with Crippen LogP contribution in [0.1, 0.15) is 6.92 Å². The molecule has 0 rings (SSSR count). The van der Waals surface area contributed by atoms with Crippen molar-refractivity contribution in [2.45, 2.75) is 12.5 Å². The van der Waals surface area contributed by atoms with E-state index < -0.39 is 5.54 Å². The third kappa shape index (κ3) is 4.83. The molecule has 4 N–H and O–H groups in total. The predicted octanol–water partition coefficient (Wildman–Crippen LogP) is -0.955. The third-order valence-corrected chi connectivity index (χ3v) is 2.76. The Hall–Kier alpha value is 0.190. The number of aliphatic hydroxyl groups excluding tert-OH is 3. The second-order valence-electron chi connectivity index (χ2n) is 2.88. The zero-order valence-corrected chi connectivity index (χ0v) is 8.81. The van der Waals surface area contributed by atoms with Crippen LogP contribution in [0.5, 0.6) is 0 Å². The molecule has 0 saturated carbocycles. The fraction of sp³-hybridized carbons (Fsp3) is 1.00. The average molecular weight is 209 g/mol. The molecule has 0 bridgehead atoms. The fourth-order valence-corrected chi connectivity index (χ4v) is 1.39. The summed E-state index contributed by atoms with van der Waals surface area (Å²) in [5, 5.41) is 29.8. The zero-order valence-electron chi connectivity index (χ0n) is 7.99. The van der Waals surface area contributed by atoms with Crippen LogP contribution in [0, 0.1) is 0 Å². The van der Waals surface area contributed by atoms with Gasteiger partial charge in [0.15, 0.2) is 0 Å². The van der Waals surface area contributed by atoms with E-state index in [4.69, 9.17) is 15.3 Å². The van der Waals surface area contributed by atoms with Gasteiger partial charge in [0.1, 0.15) is 0 Å². The van der Waals surface area contributed by atoms with Crippen molar-refractivity contribution in [2.24, 2.45) is 0 Å². The van der Waals surface area contributed by atoms with Crippen molar-refractivity contribution in [3.63, 3.8) is 0 Å². The molecule has 5 heteroatoms. The van der Waals surface area contributed by atoms with Crippen LogP contribution in [-0.4, -0.2) is 58.7 Å². The highest BCUT2D eigenvalue weighted by molar-refractivity contribution is 7.99. The van der Waals surface area contributed by atoms with E-state index in [1.54, 1.807) is 11.8 Å². The second-order valence-corrected chi connectivity index (χ2v) is 4.27. The lowest BCUT2D eigenvalue weighted by molar-refractivity contribution is 0.0441. The Balaban J connectivity index is 3.68. The summed E-state index contributed by atoms with van der Waals surface area (Å²) in [6.07, 6.45) is 0. The molecule has 80 valence electrons. The summed E-state index contributed by atoms with van der Waals surface area (Å²) in [7, 11) is 0. The van der Waals surface area contributed by atoms with Gasteiger partial charge in [0.25, 0.3) is 0 Å². The lowest BCUT2D eigenvalue weighted by atomic mass is 10.0. The van der Waals surface area contributed by atoms with Gasteiger partial charge in [0.05, 0.1) is 25.4 Å². The van der Waals surface area contributed by atoms with Gasteiger partial charge < -0.3 is 20.6 Å². The summed E-state index contributed by atoms with van der Waals surface area (Å²) in [6, 6.07) is 0. The molecular weight excluding hydrogens is 190 g/mol. The van der Waals surface area contributed by atoms with Crippen molar-refractivity contribution in [1.82, 2.24) is 5.32 Å². The van der Waals surface area contributed by atoms with E-state index in [0.29, 0.717) is 6.54 Å². The van der Waals surface area contributed by atoms with Crippen molar-refractivity contribution >= 4 is 11.8 Å². The first kappa shape index (κ1) is 13.2. The Bertz CT molecular complexity index is 112. The standard InChI is InChI=1S/C8H19NO3S/c1-2-13-4-3-9-8(5-10,6-11)7-12/h9-12H,2-7H2,1H3. The first-order valence-corrected chi connectivity index (χ1v) is 5.55. The van der Waals surface area contributed by atoms with Crippen LogP contribution in [0.15, 0.2) is 0 Å². The normalized spacial score (nSPS) is 12.0. The van der Waals surface area contributed by atoms with Gasteiger partial charge in [0, 0.05) is 12.3 Å². The molecule has 0 fully saturated rings. The van der Waals surface area contributed by atoms with E-state index in [1.165, 1.54) is 0 Å². The summed E-state index contributed by atoms with van der Waals surface area (Å²) < 4.78 is 0. The van der Waals surface area contributed by atoms with Crippen molar-refractivity contribution in [1.29, 1.82) is 0 Å². The van der Waals surface area contributed by atoms with E-state index in [2.05, 4.69) is 12.2 Å². The Morgan fingerprint density at radius 1 is 1.15 bits per heavy atom. The van der Waals surface area contributed by atoms with E-state index in [1.807, 2.05) is 0 Å². The number of nitrogens with one attached hydrogen (secondary N) is 1. The zero-order chi connectivity index (χ0) is 10.2. The third-order valence-electron chi connectivity index (χ3n) is 1.86. The van der Waals surface area contributed by atoms with Crippen LogP contribution < -0.4 is 5.32 Å². The molecule has 0 aromatic heterocycles. The van der Waals surface area contributed by atoms with Crippen LogP contribution in [0.2, 0.25) is 0 Å². The van der Waals surface area contributed by atoms with Crippen molar-refractivity contribution in [3.8, 4) is 0 Å². The minimum absolute atomic E-state index is 0.253. The largest absolute Gasteiger partial charge is 0.394 e. The molecule has 0 aromatic rings. The first-order chi connectivity index (χ1) is 6.24. The predicted molar refractivity (Wildman–Crippen MR) is 55.0 cm³/mol. The van der Waals surface area contributed by atoms with Crippen LogP contribution in [0.3, 0.4) is 0 Å². The molecule has 4 nitrogen and oxygen atoms in total. The maximum absolute atomic E-state index is 8.94. The molecule has 0 radical (unpaired) electrons. The molecule has 0 aliphatic rings. The quantitative estimate of drug-likeness (QED) is 0.388. The van der Waals surface area contributed by atoms with Crippen LogP contribution in [0.25, 0.3) is 0 Å². The Morgan fingerprint density at radius 2 is 1.69 bits per heavy atom. The summed E-state index contributed by atoms with van der Waals surface area (Å²) >= 11 is 1.77. The molecule has 13 heavy (non-hydrogen) atoms. The Kier molecular flexibility index (Phi) is 7.69. The monoisotopic (exact) mass is 209 g/mol. The van der Waals surface area contributed by atoms with E-state index >= 15 is 0 Å². The summed E-state index contributed by atoms with van der Waals surface area (Å²) in [5.41, 5.74) is -0.922. The molecule has 0 aliphatic carbocycles. The number of hydrogen-bond acceptors (Lipinski definition) is 5. The van der Waals surface area contributed by atoms with Crippen LogP contribution >= 0.6 is 11.8 Å². The Morgan fingerprint density at radius 3 is 2.08 bits per heavy atom. The van der Waals surface area contributed by atoms with Crippen LogP contribution in [0.4, 0.5) is 0 Å². The van der Waals surface area contributed by atoms with Crippen molar-refractivity contribution < 1.29 is 15.3 Å². The van der Waals surface area contributed by atoms with Gasteiger partial charge in [-0.25, -0.2) is 0 Å². The van der Waals surface area contributed by atoms with Crippen molar-refractivity contribution in [2.75, 3.05) is 37.9 Å². The molecule has 0 spiro atoms. The lowest BCUT2D eigenvalue weighted by Gasteiger charge is -2.28. The van der Waals surface area contributed by atoms with Gasteiger partial charge in [-0.3, -0.25) is 0 Å². The van der Waals surface area contributed by atoms with Crippen LogP contribution in [-0.2, 0) is 0 Å². The lowest BCUT2D eigenvalue weighted by Crippen LogP contribution is -2.55. The highest BCUT2D eigenvalue weighted by Gasteiger charge is 2.26. The first-order valence-electron chi connectivity index (χ1n) is 4.40. The number of thioether (sulfide) groups is 1. The molecule has 0 unspecified atom stereocenters. The summed E-state index contributed by atoms with van der Waals surface area (Å²) in [6.45, 7) is 1.99. The Labute approximate surface area is 83.3 Å². The van der Waals surface area contributed by atoms with E-state index in [0.717, 1.165) is 11.5 Å². The fourth-order valence-electron chi connectivity index (χ4n) is 0.850. The van der Waals surface area contributed by atoms with Crippen molar-refractivity contribution in [3.05, 3.63) is 0 Å². The smallest absolute Gasteiger partial charge is 0.0881 e. The number of hydrogen-bond donors (Lipinski definition) is 4. The maximum atomic E-state index is 8.94. The summed E-state index contributed by atoms with van der Waals surface area (Å²) in [4.78, 5) is 0. The second kappa shape index (κ2) is 7.58. The minimum Gasteiger partial charge on any atom is -0.394 e. The highest BCUT2D eigenvalue weighted by atomic mass is 32.2. The highest BCUT2D eigenvalue weighted by Crippen LogP contribution is 2.02. The number of rotatable bonds is 8. The van der Waals surface area contributed by atoms with E-state index in [9.17, 15) is 0 Å². The molecule has 0 saturated heterocycles.